The van der Waals surface area contributed by atoms with Crippen molar-refractivity contribution in [3.8, 4) is 5.75 Å². The topological polar surface area (TPSA) is 93.3 Å². The van der Waals surface area contributed by atoms with Crippen LogP contribution in [-0.2, 0) is 32.5 Å². The van der Waals surface area contributed by atoms with E-state index in [1.807, 2.05) is 61.5 Å². The van der Waals surface area contributed by atoms with Crippen LogP contribution < -0.4 is 4.74 Å². The van der Waals surface area contributed by atoms with Gasteiger partial charge in [-0.05, 0) is 74.7 Å². The summed E-state index contributed by atoms with van der Waals surface area (Å²) in [6, 6.07) is 21.6. The first-order valence-corrected chi connectivity index (χ1v) is 13.9. The van der Waals surface area contributed by atoms with Crippen molar-refractivity contribution in [3.05, 3.63) is 99.8 Å². The smallest absolute Gasteiger partial charge is 0.305 e. The first-order chi connectivity index (χ1) is 19.2. The van der Waals surface area contributed by atoms with Gasteiger partial charge >= 0.3 is 5.97 Å². The zero-order valence-electron chi connectivity index (χ0n) is 23.5. The Morgan fingerprint density at radius 1 is 1.12 bits per heavy atom. The first kappa shape index (κ1) is 32.3. The molecular weight excluding hydrogens is 585 g/mol. The Labute approximate surface area is 256 Å². The van der Waals surface area contributed by atoms with Gasteiger partial charge in [-0.1, -0.05) is 67.1 Å². The zero-order valence-corrected chi connectivity index (χ0v) is 25.2. The second-order valence-corrected chi connectivity index (χ2v) is 10.6. The number of rotatable bonds is 11. The van der Waals surface area contributed by atoms with Gasteiger partial charge in [-0.2, -0.15) is 0 Å². The third-order valence-electron chi connectivity index (χ3n) is 7.47. The van der Waals surface area contributed by atoms with Gasteiger partial charge in [0, 0.05) is 27.1 Å². The van der Waals surface area contributed by atoms with Crippen LogP contribution in [0.4, 0.5) is 5.69 Å². The van der Waals surface area contributed by atoms with Gasteiger partial charge in [0.05, 0.1) is 36.7 Å². The molecule has 1 fully saturated rings. The number of carbonyl (C=O) groups is 2. The first-order valence-electron chi connectivity index (χ1n) is 13.5. The van der Waals surface area contributed by atoms with E-state index in [1.54, 1.807) is 25.3 Å². The van der Waals surface area contributed by atoms with Gasteiger partial charge in [-0.3, -0.25) is 14.7 Å². The van der Waals surface area contributed by atoms with Gasteiger partial charge in [0.25, 0.3) is 0 Å². The molecule has 41 heavy (non-hydrogen) atoms. The van der Waals surface area contributed by atoms with Gasteiger partial charge in [0.1, 0.15) is 5.75 Å². The fraction of sp³-hybridized carbons (Fsp3) is 0.344. The van der Waals surface area contributed by atoms with Crippen molar-refractivity contribution in [1.29, 1.82) is 0 Å². The van der Waals surface area contributed by atoms with Crippen molar-refractivity contribution in [3.63, 3.8) is 0 Å². The molecule has 7 nitrogen and oxygen atoms in total. The zero-order chi connectivity index (χ0) is 28.7. The molecule has 1 heterocycles. The molecule has 0 radical (unpaired) electrons. The van der Waals surface area contributed by atoms with Crippen LogP contribution in [-0.4, -0.2) is 59.4 Å². The molecule has 0 saturated carbocycles. The number of hydrogen-bond donors (Lipinski definition) is 1. The Kier molecular flexibility index (Phi) is 11.5. The molecule has 0 bridgehead atoms. The molecule has 2 atom stereocenters. The van der Waals surface area contributed by atoms with Crippen LogP contribution in [0.15, 0.2) is 77.8 Å². The van der Waals surface area contributed by atoms with Crippen molar-refractivity contribution in [2.24, 2.45) is 4.99 Å². The summed E-state index contributed by atoms with van der Waals surface area (Å²) in [6.07, 6.45) is 1.92. The van der Waals surface area contributed by atoms with E-state index in [0.717, 1.165) is 42.8 Å². The van der Waals surface area contributed by atoms with Crippen LogP contribution in [0, 0.1) is 0 Å². The van der Waals surface area contributed by atoms with E-state index < -0.39 is 17.6 Å². The number of likely N-dealkylation sites (tertiary alicyclic amines) is 1. The molecule has 0 unspecified atom stereocenters. The van der Waals surface area contributed by atoms with Crippen LogP contribution in [0.3, 0.4) is 0 Å². The molecule has 1 aliphatic heterocycles. The molecule has 4 rings (SSSR count). The van der Waals surface area contributed by atoms with E-state index >= 15 is 0 Å². The number of methoxy groups -OCH3 is 1. The predicted octanol–water partition coefficient (Wildman–Crippen LogP) is 6.68. The number of nitrogens with zero attached hydrogens (tertiary/aromatic N) is 3. The molecule has 9 heteroatoms. The quantitative estimate of drug-likeness (QED) is 0.191. The molecule has 1 amide bonds. The number of carboxylic acids is 1. The van der Waals surface area contributed by atoms with Crippen LogP contribution in [0.2, 0.25) is 5.02 Å². The standard InChI is InChI=1S/C32H36ClN3O4.Ni/c1-4-36-18-8-17-32(36,2)31(39)35-28-16-13-24(33)20-27(28)30(23-9-6-5-7-10-23)34-25(21-29(37)38)19-22-11-14-26(40-3)15-12-22;/h5-7,9-16,20,25H,4,8,17-19,21H2,1-3H3,(H2,34,35,37,38,39);/p-1/t25-,32-;/m1./s1. The maximum Gasteiger partial charge on any atom is 0.305 e. The third-order valence-corrected chi connectivity index (χ3v) is 7.70. The molecule has 220 valence electrons. The Morgan fingerprint density at radius 3 is 2.46 bits per heavy atom. The Balaban J connectivity index is 0.00000462. The molecule has 0 aromatic heterocycles. The number of likely N-dealkylation sites (N-methyl/N-ethyl adjacent to an activating group) is 1. The largest absolute Gasteiger partial charge is 0.625 e. The fourth-order valence-corrected chi connectivity index (χ4v) is 5.44. The fourth-order valence-electron chi connectivity index (χ4n) is 5.27. The summed E-state index contributed by atoms with van der Waals surface area (Å²) in [5.74, 6) is -0.433. The molecule has 3 aromatic rings. The summed E-state index contributed by atoms with van der Waals surface area (Å²) in [6.45, 7) is 5.63. The van der Waals surface area contributed by atoms with Gasteiger partial charge in [-0.15, -0.1) is 5.69 Å². The van der Waals surface area contributed by atoms with Gasteiger partial charge in [-0.25, -0.2) is 0 Å². The summed E-state index contributed by atoms with van der Waals surface area (Å²) in [7, 11) is 1.60. The molecule has 0 spiro atoms. The molecule has 0 aliphatic carbocycles. The summed E-state index contributed by atoms with van der Waals surface area (Å²) in [5.41, 5.74) is 2.62. The van der Waals surface area contributed by atoms with E-state index in [-0.39, 0.29) is 28.8 Å². The maximum atomic E-state index is 13.6. The van der Waals surface area contributed by atoms with Crippen LogP contribution in [0.5, 0.6) is 5.75 Å². The van der Waals surface area contributed by atoms with Crippen molar-refractivity contribution < 1.29 is 35.9 Å². The number of hydrogen-bond acceptors (Lipinski definition) is 5. The summed E-state index contributed by atoms with van der Waals surface area (Å²) < 4.78 is 5.26. The van der Waals surface area contributed by atoms with E-state index in [9.17, 15) is 14.7 Å². The monoisotopic (exact) mass is 618 g/mol. The number of carboxylic acid groups (broad SMARTS) is 1. The van der Waals surface area contributed by atoms with Gasteiger partial charge in [0.15, 0.2) is 0 Å². The molecule has 1 saturated heterocycles. The third kappa shape index (κ3) is 7.97. The van der Waals surface area contributed by atoms with E-state index in [2.05, 4.69) is 17.1 Å². The Bertz CT molecular complexity index is 1370. The average molecular weight is 620 g/mol. The average Bonchev–Trinajstić information content (AvgIpc) is 3.35. The number of aliphatic carboxylic acids is 1. The maximum absolute atomic E-state index is 13.6. The van der Waals surface area contributed by atoms with E-state index in [0.29, 0.717) is 28.4 Å². The predicted molar refractivity (Wildman–Crippen MR) is 159 cm³/mol. The number of benzene rings is 3. The number of amides is 1. The molecular formula is C32H35ClN3NiO4-. The number of ether oxygens (including phenoxy) is 1. The second-order valence-electron chi connectivity index (χ2n) is 10.2. The SMILES string of the molecule is CCN1CCC[C@]1(C)C(=O)[N-]c1ccc(Cl)cc1C(=N[C@@H](CC(=O)O)Cc1ccc(OC)cc1)c1ccccc1.[Ni]. The van der Waals surface area contributed by atoms with Crippen LogP contribution in [0.1, 0.15) is 49.8 Å². The van der Waals surface area contributed by atoms with Gasteiger partial charge in [0.2, 0.25) is 0 Å². The molecule has 1 aliphatic rings. The van der Waals surface area contributed by atoms with E-state index in [4.69, 9.17) is 21.3 Å². The van der Waals surface area contributed by atoms with Gasteiger partial charge < -0.3 is 20.0 Å². The minimum absolute atomic E-state index is 0. The van der Waals surface area contributed by atoms with Crippen LogP contribution >= 0.6 is 11.6 Å². The number of aliphatic imine (C=N–C) groups is 1. The van der Waals surface area contributed by atoms with Crippen molar-refractivity contribution in [2.75, 3.05) is 20.2 Å². The van der Waals surface area contributed by atoms with Crippen molar-refractivity contribution >= 4 is 34.9 Å². The Morgan fingerprint density at radius 2 is 1.83 bits per heavy atom. The summed E-state index contributed by atoms with van der Waals surface area (Å²) >= 11 is 6.47. The van der Waals surface area contributed by atoms with Crippen molar-refractivity contribution in [1.82, 2.24) is 4.90 Å². The van der Waals surface area contributed by atoms with E-state index in [1.165, 1.54) is 0 Å². The van der Waals surface area contributed by atoms with Crippen LogP contribution in [0.25, 0.3) is 5.32 Å². The number of carbonyl (C=O) groups excluding carboxylic acids is 1. The second kappa shape index (κ2) is 14.6. The van der Waals surface area contributed by atoms with Crippen molar-refractivity contribution in [2.45, 2.75) is 51.1 Å². The minimum atomic E-state index is -0.949. The Hall–Kier alpha value is -3.19. The minimum Gasteiger partial charge on any atom is -0.625 e. The summed E-state index contributed by atoms with van der Waals surface area (Å²) in [5, 5.41) is 14.8. The normalized spacial score (nSPS) is 17.9. The summed E-state index contributed by atoms with van der Waals surface area (Å²) in [4.78, 5) is 32.7. The number of halogens is 1. The molecule has 1 N–H and O–H groups in total. The molecule has 3 aromatic carbocycles.